The van der Waals surface area contributed by atoms with Gasteiger partial charge >= 0.3 is 0 Å². The van der Waals surface area contributed by atoms with Crippen molar-refractivity contribution in [3.05, 3.63) is 35.4 Å². The molecule has 0 bridgehead atoms. The Kier molecular flexibility index (Phi) is 4.07. The molecule has 76 valence electrons. The Morgan fingerprint density at radius 2 is 2.07 bits per heavy atom. The molecule has 0 aromatic heterocycles. The third-order valence-corrected chi connectivity index (χ3v) is 2.17. The van der Waals surface area contributed by atoms with E-state index in [-0.39, 0.29) is 11.3 Å². The van der Waals surface area contributed by atoms with Crippen LogP contribution in [0.25, 0.3) is 6.08 Å². The van der Waals surface area contributed by atoms with Crippen LogP contribution in [0.1, 0.15) is 12.0 Å². The number of anilines is 1. The summed E-state index contributed by atoms with van der Waals surface area (Å²) in [6.45, 7) is 0. The fourth-order valence-electron chi connectivity index (χ4n) is 1.00. The van der Waals surface area contributed by atoms with Gasteiger partial charge in [0.15, 0.2) is 5.82 Å². The summed E-state index contributed by atoms with van der Waals surface area (Å²) in [5.74, 6) is -1.29. The summed E-state index contributed by atoms with van der Waals surface area (Å²) in [6.07, 6.45) is 3.81. The Balaban J connectivity index is 3.00. The molecule has 0 fully saturated rings. The van der Waals surface area contributed by atoms with Gasteiger partial charge in [0, 0.05) is 10.9 Å². The summed E-state index contributed by atoms with van der Waals surface area (Å²) in [6, 6.07) is 2.37. The predicted octanol–water partition coefficient (Wildman–Crippen LogP) is 3.35. The Morgan fingerprint density at radius 3 is 2.71 bits per heavy atom. The predicted molar refractivity (Wildman–Crippen MR) is 58.2 cm³/mol. The summed E-state index contributed by atoms with van der Waals surface area (Å²) in [4.78, 5) is 0. The lowest BCUT2D eigenvalue weighted by molar-refractivity contribution is 0.581. The second kappa shape index (κ2) is 5.10. The lowest BCUT2D eigenvalue weighted by Gasteiger charge is -2.01. The maximum absolute atomic E-state index is 13.3. The van der Waals surface area contributed by atoms with E-state index in [2.05, 4.69) is 15.9 Å². The van der Waals surface area contributed by atoms with Crippen LogP contribution < -0.4 is 5.73 Å². The van der Waals surface area contributed by atoms with Crippen LogP contribution >= 0.6 is 15.9 Å². The molecule has 0 saturated carbocycles. The van der Waals surface area contributed by atoms with Crippen molar-refractivity contribution in [2.45, 2.75) is 6.42 Å². The molecule has 0 aliphatic carbocycles. The van der Waals surface area contributed by atoms with E-state index in [4.69, 9.17) is 5.73 Å². The van der Waals surface area contributed by atoms with Crippen LogP contribution in [0, 0.1) is 11.6 Å². The van der Waals surface area contributed by atoms with Gasteiger partial charge in [-0.25, -0.2) is 8.78 Å². The van der Waals surface area contributed by atoms with E-state index in [0.717, 1.165) is 11.4 Å². The van der Waals surface area contributed by atoms with Crippen LogP contribution in [0.4, 0.5) is 14.5 Å². The first-order chi connectivity index (χ1) is 6.66. The standard InChI is InChI=1S/C10H10BrF2N/c11-6-2-1-3-7-8(12)4-5-9(14)10(7)13/h1,3-5H,2,6,14H2. The molecule has 1 nitrogen and oxygen atoms in total. The molecule has 0 aliphatic heterocycles. The van der Waals surface area contributed by atoms with E-state index in [1.54, 1.807) is 6.08 Å². The summed E-state index contributed by atoms with van der Waals surface area (Å²) in [5, 5.41) is 0.759. The number of halogens is 3. The van der Waals surface area contributed by atoms with Crippen LogP contribution in [-0.4, -0.2) is 5.33 Å². The molecule has 0 amide bonds. The highest BCUT2D eigenvalue weighted by atomic mass is 79.9. The average Bonchev–Trinajstić information content (AvgIpc) is 2.18. The van der Waals surface area contributed by atoms with Gasteiger partial charge in [0.1, 0.15) is 5.82 Å². The van der Waals surface area contributed by atoms with Gasteiger partial charge < -0.3 is 5.73 Å². The van der Waals surface area contributed by atoms with E-state index in [1.807, 2.05) is 0 Å². The first kappa shape index (κ1) is 11.2. The van der Waals surface area contributed by atoms with Gasteiger partial charge in [-0.15, -0.1) is 0 Å². The summed E-state index contributed by atoms with van der Waals surface area (Å²) >= 11 is 3.21. The van der Waals surface area contributed by atoms with Gasteiger partial charge in [-0.3, -0.25) is 0 Å². The quantitative estimate of drug-likeness (QED) is 0.656. The smallest absolute Gasteiger partial charge is 0.156 e. The average molecular weight is 262 g/mol. The molecule has 0 atom stereocenters. The van der Waals surface area contributed by atoms with E-state index >= 15 is 0 Å². The number of nitrogen functional groups attached to an aromatic ring is 1. The van der Waals surface area contributed by atoms with Crippen molar-refractivity contribution < 1.29 is 8.78 Å². The number of benzene rings is 1. The maximum atomic E-state index is 13.3. The number of hydrogen-bond acceptors (Lipinski definition) is 1. The van der Waals surface area contributed by atoms with Gasteiger partial charge in [0.25, 0.3) is 0 Å². The molecule has 0 radical (unpaired) electrons. The molecular formula is C10H10BrF2N. The van der Waals surface area contributed by atoms with E-state index in [9.17, 15) is 8.78 Å². The minimum atomic E-state index is -0.698. The molecule has 1 aromatic carbocycles. The molecule has 0 saturated heterocycles. The Hall–Kier alpha value is -0.900. The topological polar surface area (TPSA) is 26.0 Å². The highest BCUT2D eigenvalue weighted by Crippen LogP contribution is 2.19. The van der Waals surface area contributed by atoms with Crippen molar-refractivity contribution in [3.63, 3.8) is 0 Å². The Bertz CT molecular complexity index is 350. The van der Waals surface area contributed by atoms with Gasteiger partial charge in [-0.1, -0.05) is 28.1 Å². The fraction of sp³-hybridized carbons (Fsp3) is 0.200. The highest BCUT2D eigenvalue weighted by molar-refractivity contribution is 9.09. The maximum Gasteiger partial charge on any atom is 0.156 e. The normalized spacial score (nSPS) is 11.1. The monoisotopic (exact) mass is 261 g/mol. The molecule has 0 unspecified atom stereocenters. The largest absolute Gasteiger partial charge is 0.396 e. The summed E-state index contributed by atoms with van der Waals surface area (Å²) < 4.78 is 26.4. The molecule has 1 aromatic rings. The van der Waals surface area contributed by atoms with Gasteiger partial charge in [-0.05, 0) is 18.6 Å². The highest BCUT2D eigenvalue weighted by Gasteiger charge is 2.08. The number of hydrogen-bond donors (Lipinski definition) is 1. The fourth-order valence-corrected chi connectivity index (χ4v) is 1.27. The minimum Gasteiger partial charge on any atom is -0.396 e. The third-order valence-electron chi connectivity index (χ3n) is 1.72. The van der Waals surface area contributed by atoms with Crippen molar-refractivity contribution in [2.75, 3.05) is 11.1 Å². The molecule has 0 heterocycles. The molecule has 2 N–H and O–H groups in total. The van der Waals surface area contributed by atoms with E-state index in [0.29, 0.717) is 6.42 Å². The van der Waals surface area contributed by atoms with Crippen molar-refractivity contribution in [3.8, 4) is 0 Å². The second-order valence-electron chi connectivity index (χ2n) is 2.74. The Morgan fingerprint density at radius 1 is 1.36 bits per heavy atom. The van der Waals surface area contributed by atoms with Crippen molar-refractivity contribution >= 4 is 27.7 Å². The first-order valence-electron chi connectivity index (χ1n) is 4.12. The lowest BCUT2D eigenvalue weighted by atomic mass is 10.1. The summed E-state index contributed by atoms with van der Waals surface area (Å²) in [7, 11) is 0. The van der Waals surface area contributed by atoms with E-state index < -0.39 is 11.6 Å². The van der Waals surface area contributed by atoms with Crippen molar-refractivity contribution in [1.82, 2.24) is 0 Å². The Labute approximate surface area is 89.7 Å². The van der Waals surface area contributed by atoms with Gasteiger partial charge in [-0.2, -0.15) is 0 Å². The van der Waals surface area contributed by atoms with Crippen molar-refractivity contribution in [1.29, 1.82) is 0 Å². The lowest BCUT2D eigenvalue weighted by Crippen LogP contribution is -1.96. The molecule has 0 spiro atoms. The zero-order valence-corrected chi connectivity index (χ0v) is 9.02. The van der Waals surface area contributed by atoms with Gasteiger partial charge in [0.2, 0.25) is 0 Å². The zero-order chi connectivity index (χ0) is 10.6. The number of alkyl halides is 1. The summed E-state index contributed by atoms with van der Waals surface area (Å²) in [5.41, 5.74) is 5.19. The van der Waals surface area contributed by atoms with Crippen LogP contribution in [0.3, 0.4) is 0 Å². The first-order valence-corrected chi connectivity index (χ1v) is 5.25. The number of nitrogens with two attached hydrogens (primary N) is 1. The number of rotatable bonds is 3. The van der Waals surface area contributed by atoms with Crippen LogP contribution in [-0.2, 0) is 0 Å². The SMILES string of the molecule is Nc1ccc(F)c(C=CCCBr)c1F. The molecule has 1 rings (SSSR count). The molecular weight excluding hydrogens is 252 g/mol. The molecule has 4 heteroatoms. The molecule has 0 aliphatic rings. The number of allylic oxidation sites excluding steroid dienone is 1. The minimum absolute atomic E-state index is 0.0371. The second-order valence-corrected chi connectivity index (χ2v) is 3.54. The van der Waals surface area contributed by atoms with Crippen molar-refractivity contribution in [2.24, 2.45) is 0 Å². The third kappa shape index (κ3) is 2.54. The zero-order valence-electron chi connectivity index (χ0n) is 7.43. The van der Waals surface area contributed by atoms with Gasteiger partial charge in [0.05, 0.1) is 5.69 Å². The van der Waals surface area contributed by atoms with E-state index in [1.165, 1.54) is 12.1 Å². The van der Waals surface area contributed by atoms with Crippen LogP contribution in [0.5, 0.6) is 0 Å². The van der Waals surface area contributed by atoms with Crippen LogP contribution in [0.2, 0.25) is 0 Å². The van der Waals surface area contributed by atoms with Crippen LogP contribution in [0.15, 0.2) is 18.2 Å². The molecule has 14 heavy (non-hydrogen) atoms.